The summed E-state index contributed by atoms with van der Waals surface area (Å²) in [6.07, 6.45) is -3.12. The molecule has 3 heterocycles. The number of alkyl halides is 5. The Balaban J connectivity index is 1.38. The molecule has 2 fully saturated rings. The molecule has 2 N–H and O–H groups in total. The van der Waals surface area contributed by atoms with Gasteiger partial charge in [-0.3, -0.25) is 9.59 Å². The zero-order chi connectivity index (χ0) is 28.5. The average Bonchev–Trinajstić information content (AvgIpc) is 3.12. The molecule has 212 valence electrons. The molecule has 0 aliphatic carbocycles. The lowest BCUT2D eigenvalue weighted by Gasteiger charge is -2.41. The summed E-state index contributed by atoms with van der Waals surface area (Å²) < 4.78 is 70.7. The van der Waals surface area contributed by atoms with E-state index in [9.17, 15) is 31.5 Å². The minimum Gasteiger partial charge on any atom is -0.477 e. The summed E-state index contributed by atoms with van der Waals surface area (Å²) in [5.41, 5.74) is -2.48. The topological polar surface area (TPSA) is 83.6 Å². The highest BCUT2D eigenvalue weighted by Gasteiger charge is 2.44. The van der Waals surface area contributed by atoms with E-state index in [2.05, 4.69) is 20.5 Å². The number of anilines is 1. The molecule has 2 aliphatic rings. The van der Waals surface area contributed by atoms with Crippen LogP contribution in [0.1, 0.15) is 55.5 Å². The third-order valence-electron chi connectivity index (χ3n) is 6.92. The number of ether oxygens (including phenoxy) is 1. The number of pyridine rings is 1. The van der Waals surface area contributed by atoms with Gasteiger partial charge in [-0.05, 0) is 69.9 Å². The molecule has 2 saturated heterocycles. The van der Waals surface area contributed by atoms with E-state index >= 15 is 0 Å². The summed E-state index contributed by atoms with van der Waals surface area (Å²) in [5, 5.41) is 4.97. The molecule has 2 bridgehead atoms. The second-order valence-electron chi connectivity index (χ2n) is 10.2. The second-order valence-corrected chi connectivity index (χ2v) is 10.6. The largest absolute Gasteiger partial charge is 0.477 e. The first-order valence-corrected chi connectivity index (χ1v) is 12.8. The maximum atomic E-state index is 13.5. The minimum absolute atomic E-state index is 0.0530. The van der Waals surface area contributed by atoms with Gasteiger partial charge in [-0.2, -0.15) is 13.2 Å². The number of nitrogens with zero attached hydrogens (tertiary/aromatic N) is 2. The van der Waals surface area contributed by atoms with Crippen LogP contribution < -0.4 is 20.3 Å². The van der Waals surface area contributed by atoms with Crippen LogP contribution in [0.2, 0.25) is 5.02 Å². The molecule has 0 radical (unpaired) electrons. The lowest BCUT2D eigenvalue weighted by Crippen LogP contribution is -2.55. The Hall–Kier alpha value is -3.15. The van der Waals surface area contributed by atoms with Gasteiger partial charge in [-0.1, -0.05) is 11.6 Å². The summed E-state index contributed by atoms with van der Waals surface area (Å²) in [4.78, 5) is 31.6. The highest BCUT2D eigenvalue weighted by molar-refractivity contribution is 6.30. The van der Waals surface area contributed by atoms with Gasteiger partial charge in [0.05, 0.1) is 17.7 Å². The quantitative estimate of drug-likeness (QED) is 0.422. The molecular weight excluding hydrogens is 547 g/mol. The molecule has 2 aliphatic heterocycles. The Labute approximate surface area is 227 Å². The van der Waals surface area contributed by atoms with Crippen LogP contribution in [0.4, 0.5) is 27.8 Å². The van der Waals surface area contributed by atoms with Crippen LogP contribution >= 0.6 is 11.6 Å². The minimum atomic E-state index is -4.71. The van der Waals surface area contributed by atoms with Crippen molar-refractivity contribution >= 4 is 29.2 Å². The van der Waals surface area contributed by atoms with E-state index in [0.29, 0.717) is 18.7 Å². The van der Waals surface area contributed by atoms with Crippen LogP contribution in [-0.4, -0.2) is 53.5 Å². The van der Waals surface area contributed by atoms with Crippen molar-refractivity contribution in [3.8, 4) is 5.75 Å². The number of hydrogen-bond acceptors (Lipinski definition) is 5. The van der Waals surface area contributed by atoms with Gasteiger partial charge in [0.2, 0.25) is 0 Å². The molecule has 4 rings (SSSR count). The van der Waals surface area contributed by atoms with E-state index in [0.717, 1.165) is 25.0 Å². The van der Waals surface area contributed by atoms with E-state index in [1.54, 1.807) is 6.07 Å². The van der Waals surface area contributed by atoms with Crippen molar-refractivity contribution in [1.29, 1.82) is 0 Å². The van der Waals surface area contributed by atoms with Crippen molar-refractivity contribution in [2.75, 3.05) is 11.4 Å². The molecule has 13 heteroatoms. The molecule has 0 spiro atoms. The zero-order valence-corrected chi connectivity index (χ0v) is 22.0. The number of piperidine rings is 1. The lowest BCUT2D eigenvalue weighted by atomic mass is 9.96. The van der Waals surface area contributed by atoms with E-state index in [1.165, 1.54) is 32.2 Å². The Kier molecular flexibility index (Phi) is 8.25. The first-order chi connectivity index (χ1) is 18.2. The fraction of sp³-hybridized carbons (Fsp3) is 0.500. The zero-order valence-electron chi connectivity index (χ0n) is 21.2. The number of carbonyl (C=O) groups is 2. The highest BCUT2D eigenvalue weighted by Crippen LogP contribution is 2.40. The van der Waals surface area contributed by atoms with E-state index in [-0.39, 0.29) is 28.7 Å². The van der Waals surface area contributed by atoms with Gasteiger partial charge in [-0.15, -0.1) is 0 Å². The number of carbonyl (C=O) groups excluding carboxylic acids is 2. The summed E-state index contributed by atoms with van der Waals surface area (Å²) in [7, 11) is 0. The van der Waals surface area contributed by atoms with Crippen LogP contribution in [0, 0.1) is 0 Å². The van der Waals surface area contributed by atoms with Gasteiger partial charge in [0.15, 0.2) is 5.60 Å². The molecule has 2 aromatic rings. The number of hydrogen-bond donors (Lipinski definition) is 2. The number of amides is 2. The number of fused-ring (bicyclic) bond motifs is 2. The van der Waals surface area contributed by atoms with Gasteiger partial charge in [0, 0.05) is 29.3 Å². The molecule has 39 heavy (non-hydrogen) atoms. The molecular formula is C26H28ClF5N4O3. The normalized spacial score (nSPS) is 21.2. The maximum Gasteiger partial charge on any atom is 0.420 e. The summed E-state index contributed by atoms with van der Waals surface area (Å²) in [6, 6.07) is 6.21. The van der Waals surface area contributed by atoms with Crippen molar-refractivity contribution in [3.05, 3.63) is 52.7 Å². The third kappa shape index (κ3) is 6.71. The van der Waals surface area contributed by atoms with Crippen molar-refractivity contribution in [3.63, 3.8) is 0 Å². The summed E-state index contributed by atoms with van der Waals surface area (Å²) >= 11 is 5.73. The van der Waals surface area contributed by atoms with Gasteiger partial charge in [-0.25, -0.2) is 13.8 Å². The van der Waals surface area contributed by atoms with Gasteiger partial charge in [0.25, 0.3) is 18.2 Å². The second kappa shape index (κ2) is 11.1. The van der Waals surface area contributed by atoms with Gasteiger partial charge < -0.3 is 20.3 Å². The fourth-order valence-electron chi connectivity index (χ4n) is 5.11. The Morgan fingerprint density at radius 1 is 1.13 bits per heavy atom. The van der Waals surface area contributed by atoms with Crippen molar-refractivity contribution in [2.24, 2.45) is 0 Å². The van der Waals surface area contributed by atoms with E-state index in [4.69, 9.17) is 16.3 Å². The van der Waals surface area contributed by atoms with Crippen molar-refractivity contribution in [1.82, 2.24) is 15.6 Å². The predicted molar refractivity (Wildman–Crippen MR) is 134 cm³/mol. The summed E-state index contributed by atoms with van der Waals surface area (Å²) in [5.74, 6) is -1.02. The Bertz CT molecular complexity index is 1200. The highest BCUT2D eigenvalue weighted by atomic mass is 35.5. The monoisotopic (exact) mass is 574 g/mol. The molecule has 0 saturated carbocycles. The smallest absolute Gasteiger partial charge is 0.420 e. The van der Waals surface area contributed by atoms with Crippen LogP contribution in [-0.2, 0) is 11.0 Å². The van der Waals surface area contributed by atoms with Crippen molar-refractivity contribution in [2.45, 2.75) is 75.9 Å². The first kappa shape index (κ1) is 28.8. The Morgan fingerprint density at radius 2 is 1.79 bits per heavy atom. The van der Waals surface area contributed by atoms with Crippen LogP contribution in [0.15, 0.2) is 36.5 Å². The first-order valence-electron chi connectivity index (χ1n) is 12.4. The number of aromatic nitrogens is 1. The van der Waals surface area contributed by atoms with E-state index in [1.807, 2.05) is 0 Å². The van der Waals surface area contributed by atoms with Crippen LogP contribution in [0.25, 0.3) is 0 Å². The van der Waals surface area contributed by atoms with Gasteiger partial charge in [0.1, 0.15) is 11.6 Å². The lowest BCUT2D eigenvalue weighted by molar-refractivity contribution is -0.143. The molecule has 7 nitrogen and oxygen atoms in total. The molecule has 1 aromatic heterocycles. The SMILES string of the molecule is CC(C)(Oc1ccc(Cl)cc1C(F)(F)F)C(=O)NC1C[C@H]2CC[C@@H](C1)N2c1ccc(C(=O)NCC(F)F)cn1. The third-order valence-corrected chi connectivity index (χ3v) is 7.15. The van der Waals surface area contributed by atoms with Gasteiger partial charge >= 0.3 is 6.18 Å². The fourth-order valence-corrected chi connectivity index (χ4v) is 5.28. The summed E-state index contributed by atoms with van der Waals surface area (Å²) in [6.45, 7) is 2.07. The molecule has 2 amide bonds. The van der Waals surface area contributed by atoms with E-state index < -0.39 is 47.9 Å². The molecule has 3 atom stereocenters. The Morgan fingerprint density at radius 3 is 2.36 bits per heavy atom. The molecule has 1 aromatic carbocycles. The van der Waals surface area contributed by atoms with Crippen LogP contribution in [0.5, 0.6) is 5.75 Å². The number of rotatable bonds is 8. The van der Waals surface area contributed by atoms with Crippen molar-refractivity contribution < 1.29 is 36.3 Å². The molecule has 1 unspecified atom stereocenters. The maximum absolute atomic E-state index is 13.5. The number of nitrogens with one attached hydrogen (secondary N) is 2. The average molecular weight is 575 g/mol. The van der Waals surface area contributed by atoms with Crippen LogP contribution in [0.3, 0.4) is 0 Å². The number of halogens is 6. The number of benzene rings is 1. The predicted octanol–water partition coefficient (Wildman–Crippen LogP) is 5.22. The standard InChI is InChI=1S/C26H28ClF5N4O3/c1-25(2,39-20-7-4-15(27)9-19(20)26(30,31)32)24(38)35-16-10-17-5-6-18(11-16)36(17)22-8-3-14(12-33-22)23(37)34-13-21(28)29/h3-4,7-9,12,16-18,21H,5-6,10-11,13H2,1-2H3,(H,34,37)(H,35,38)/t16?,17-,18+.